The van der Waals surface area contributed by atoms with Gasteiger partial charge < -0.3 is 0 Å². The highest BCUT2D eigenvalue weighted by Gasteiger charge is 2.59. The molecule has 1 aliphatic carbocycles. The van der Waals surface area contributed by atoms with Crippen molar-refractivity contribution >= 4 is 0 Å². The zero-order valence-corrected chi connectivity index (χ0v) is 6.00. The van der Waals surface area contributed by atoms with Crippen LogP contribution in [-0.4, -0.2) is 18.5 Å². The lowest BCUT2D eigenvalue weighted by atomic mass is 10.7. The smallest absolute Gasteiger partial charge is 0.259 e. The van der Waals surface area contributed by atoms with Gasteiger partial charge in [0.15, 0.2) is 5.79 Å². The maximum atomic E-state index is 11.5. The van der Waals surface area contributed by atoms with Crippen molar-refractivity contribution in [2.24, 2.45) is 0 Å². The Morgan fingerprint density at radius 1 is 0.769 bits per heavy atom. The molecule has 0 amide bonds. The van der Waals surface area contributed by atoms with Gasteiger partial charge in [-0.3, -0.25) is 9.47 Å². The molecule has 0 aromatic rings. The Morgan fingerprint density at radius 3 is 1.23 bits per heavy atom. The van der Waals surface area contributed by atoms with E-state index in [1.165, 1.54) is 0 Å². The second kappa shape index (κ2) is 2.74. The lowest BCUT2D eigenvalue weighted by Crippen LogP contribution is -2.33. The van der Waals surface area contributed by atoms with Gasteiger partial charge in [0.25, 0.3) is 0 Å². The van der Waals surface area contributed by atoms with E-state index < -0.39 is 31.4 Å². The average Bonchev–Trinajstić information content (AvgIpc) is 2.36. The van der Waals surface area contributed by atoms with Gasteiger partial charge in [-0.25, -0.2) is 0 Å². The number of hydrogen-bond donors (Lipinski definition) is 0. The summed E-state index contributed by atoms with van der Waals surface area (Å²) in [5.41, 5.74) is 0. The van der Waals surface area contributed by atoms with Crippen molar-refractivity contribution in [2.75, 3.05) is 0 Å². The largest absolute Gasteiger partial charge is 0.524 e. The van der Waals surface area contributed by atoms with Crippen molar-refractivity contribution < 1.29 is 35.8 Å². The van der Waals surface area contributed by atoms with Crippen LogP contribution < -0.4 is 0 Å². The summed E-state index contributed by atoms with van der Waals surface area (Å²) in [6, 6.07) is 0. The van der Waals surface area contributed by atoms with E-state index in [1.54, 1.807) is 0 Å². The SMILES string of the molecule is FC(F)(F)OC1(OC(F)(F)F)CC1. The molecule has 0 aromatic carbocycles. The van der Waals surface area contributed by atoms with Crippen LogP contribution in [0.15, 0.2) is 0 Å². The molecule has 0 heterocycles. The molecule has 0 aliphatic heterocycles. The van der Waals surface area contributed by atoms with E-state index in [0.29, 0.717) is 0 Å². The molecule has 1 rings (SSSR count). The molecule has 0 unspecified atom stereocenters. The number of rotatable bonds is 2. The Bertz CT molecular complexity index is 172. The molecule has 2 nitrogen and oxygen atoms in total. The predicted molar refractivity (Wildman–Crippen MR) is 26.2 cm³/mol. The van der Waals surface area contributed by atoms with E-state index in [0.717, 1.165) is 0 Å². The molecular weight excluding hydrogens is 206 g/mol. The summed E-state index contributed by atoms with van der Waals surface area (Å²) in [6.07, 6.45) is -11.0. The van der Waals surface area contributed by atoms with Crippen LogP contribution in [0.3, 0.4) is 0 Å². The molecule has 0 saturated heterocycles. The van der Waals surface area contributed by atoms with Crippen LogP contribution in [0.25, 0.3) is 0 Å². The lowest BCUT2D eigenvalue weighted by Gasteiger charge is -2.19. The van der Waals surface area contributed by atoms with Crippen LogP contribution in [0.2, 0.25) is 0 Å². The van der Waals surface area contributed by atoms with E-state index in [2.05, 4.69) is 9.47 Å². The molecule has 0 radical (unpaired) electrons. The Labute approximate surface area is 68.4 Å². The monoisotopic (exact) mass is 210 g/mol. The number of hydrogen-bond acceptors (Lipinski definition) is 2. The first-order valence-electron chi connectivity index (χ1n) is 3.16. The van der Waals surface area contributed by atoms with Gasteiger partial charge in [0.1, 0.15) is 0 Å². The molecule has 0 aromatic heterocycles. The average molecular weight is 210 g/mol. The van der Waals surface area contributed by atoms with Gasteiger partial charge in [-0.1, -0.05) is 0 Å². The van der Waals surface area contributed by atoms with Gasteiger partial charge in [0.2, 0.25) is 0 Å². The molecule has 0 bridgehead atoms. The second-order valence-corrected chi connectivity index (χ2v) is 2.51. The molecule has 8 heteroatoms. The maximum absolute atomic E-state index is 11.5. The van der Waals surface area contributed by atoms with Gasteiger partial charge in [0, 0.05) is 12.8 Å². The quantitative estimate of drug-likeness (QED) is 0.515. The third-order valence-electron chi connectivity index (χ3n) is 1.26. The van der Waals surface area contributed by atoms with Gasteiger partial charge in [-0.2, -0.15) is 0 Å². The van der Waals surface area contributed by atoms with Crippen molar-refractivity contribution in [3.05, 3.63) is 0 Å². The summed E-state index contributed by atoms with van der Waals surface area (Å²) in [5.74, 6) is -2.53. The Kier molecular flexibility index (Phi) is 2.23. The van der Waals surface area contributed by atoms with E-state index in [1.807, 2.05) is 0 Å². The molecule has 1 fully saturated rings. The fourth-order valence-corrected chi connectivity index (χ4v) is 0.749. The molecule has 1 saturated carbocycles. The summed E-state index contributed by atoms with van der Waals surface area (Å²) in [7, 11) is 0. The molecule has 13 heavy (non-hydrogen) atoms. The molecule has 1 aliphatic rings. The first-order chi connectivity index (χ1) is 5.62. The van der Waals surface area contributed by atoms with E-state index in [4.69, 9.17) is 0 Å². The topological polar surface area (TPSA) is 18.5 Å². The fraction of sp³-hybridized carbons (Fsp3) is 1.00. The zero-order chi connectivity index (χ0) is 10.3. The van der Waals surface area contributed by atoms with Crippen LogP contribution >= 0.6 is 0 Å². The molecule has 0 atom stereocenters. The Morgan fingerprint density at radius 2 is 1.08 bits per heavy atom. The van der Waals surface area contributed by atoms with E-state index >= 15 is 0 Å². The highest BCUT2D eigenvalue weighted by molar-refractivity contribution is 4.87. The first-order valence-corrected chi connectivity index (χ1v) is 3.16. The zero-order valence-electron chi connectivity index (χ0n) is 6.00. The highest BCUT2D eigenvalue weighted by atomic mass is 19.4. The van der Waals surface area contributed by atoms with Crippen molar-refractivity contribution in [1.29, 1.82) is 0 Å². The number of halogens is 6. The normalized spacial score (nSPS) is 21.7. The summed E-state index contributed by atoms with van der Waals surface area (Å²) in [6.45, 7) is 0. The second-order valence-electron chi connectivity index (χ2n) is 2.51. The number of ether oxygens (including phenoxy) is 2. The minimum atomic E-state index is -5.11. The minimum Gasteiger partial charge on any atom is -0.259 e. The molecule has 0 spiro atoms. The molecule has 0 N–H and O–H groups in total. The van der Waals surface area contributed by atoms with Gasteiger partial charge >= 0.3 is 12.7 Å². The van der Waals surface area contributed by atoms with E-state index in [9.17, 15) is 26.3 Å². The molecule has 78 valence electrons. The maximum Gasteiger partial charge on any atom is 0.524 e. The van der Waals surface area contributed by atoms with Gasteiger partial charge in [-0.15, -0.1) is 26.3 Å². The van der Waals surface area contributed by atoms with Crippen molar-refractivity contribution in [3.63, 3.8) is 0 Å². The van der Waals surface area contributed by atoms with Crippen LogP contribution in [0.1, 0.15) is 12.8 Å². The van der Waals surface area contributed by atoms with Crippen molar-refractivity contribution in [2.45, 2.75) is 31.4 Å². The molecular formula is C5H4F6O2. The fourth-order valence-electron chi connectivity index (χ4n) is 0.749. The summed E-state index contributed by atoms with van der Waals surface area (Å²) in [5, 5.41) is 0. The minimum absolute atomic E-state index is 0.411. The predicted octanol–water partition coefficient (Wildman–Crippen LogP) is 2.55. The third kappa shape index (κ3) is 3.81. The first kappa shape index (κ1) is 10.6. The van der Waals surface area contributed by atoms with Crippen LogP contribution in [-0.2, 0) is 9.47 Å². The number of alkyl halides is 6. The summed E-state index contributed by atoms with van der Waals surface area (Å²) < 4.78 is 75.3. The van der Waals surface area contributed by atoms with Gasteiger partial charge in [-0.05, 0) is 0 Å². The van der Waals surface area contributed by atoms with Crippen LogP contribution in [0.5, 0.6) is 0 Å². The van der Waals surface area contributed by atoms with Gasteiger partial charge in [0.05, 0.1) is 0 Å². The Hall–Kier alpha value is -0.500. The summed E-state index contributed by atoms with van der Waals surface area (Å²) in [4.78, 5) is 0. The van der Waals surface area contributed by atoms with Crippen LogP contribution in [0, 0.1) is 0 Å². The van der Waals surface area contributed by atoms with E-state index in [-0.39, 0.29) is 0 Å². The van der Waals surface area contributed by atoms with Crippen molar-refractivity contribution in [1.82, 2.24) is 0 Å². The highest BCUT2D eigenvalue weighted by Crippen LogP contribution is 2.48. The lowest BCUT2D eigenvalue weighted by molar-refractivity contribution is -0.450. The third-order valence-corrected chi connectivity index (χ3v) is 1.26. The summed E-state index contributed by atoms with van der Waals surface area (Å²) >= 11 is 0. The Balaban J connectivity index is 2.49. The standard InChI is InChI=1S/C5H4F6O2/c6-4(7,8)12-3(1-2-3)13-5(9,10)11/h1-2H2. The van der Waals surface area contributed by atoms with Crippen molar-refractivity contribution in [3.8, 4) is 0 Å². The van der Waals surface area contributed by atoms with Crippen LogP contribution in [0.4, 0.5) is 26.3 Å².